The fourth-order valence-electron chi connectivity index (χ4n) is 9.41. The van der Waals surface area contributed by atoms with Crippen molar-refractivity contribution in [1.82, 2.24) is 35.3 Å². The molecule has 1 fully saturated rings. The van der Waals surface area contributed by atoms with Gasteiger partial charge in [-0.2, -0.15) is 0 Å². The number of aromatic nitrogens is 2. The van der Waals surface area contributed by atoms with E-state index >= 15 is 0 Å². The molecular formula is C48H74N8O5. The minimum atomic E-state index is -0.754. The molecule has 13 nitrogen and oxygen atoms in total. The molecule has 0 radical (unpaired) electrons. The molecule has 4 amide bonds. The number of imidazole rings is 1. The molecule has 61 heavy (non-hydrogen) atoms. The van der Waals surface area contributed by atoms with Gasteiger partial charge in [-0.15, -0.1) is 0 Å². The monoisotopic (exact) mass is 843 g/mol. The third-order valence-electron chi connectivity index (χ3n) is 12.8. The Bertz CT molecular complexity index is 1810. The standard InChI is InChI=1S/C48H74N8O5/c1-13-33(7)44(55(11)48(60)42(30(2)3)53-47(59)43(31(4)5)54(10)29-40-50-23-24-51-40)34(8)27-41(57)56-25-17-20-39(56)45(61-12)35(9)46(58)52-38(28-36-18-15-14-16-19-36)37-26-32(6)21-22-49-37/h14-16,18-19,21-24,30-31,33-35,38-39,42-45H,6,13,17,20,25-29H2,1-5,7-12H3,(H,50,51)(H,52,58)(H,53,59)/t33-,34+,35?,38-,39?,42-,43-,44-,45+/m0/s1. The van der Waals surface area contributed by atoms with Gasteiger partial charge in [0.2, 0.25) is 23.6 Å². The van der Waals surface area contributed by atoms with E-state index in [9.17, 15) is 19.2 Å². The van der Waals surface area contributed by atoms with Gasteiger partial charge in [-0.05, 0) is 67.2 Å². The largest absolute Gasteiger partial charge is 0.378 e. The summed E-state index contributed by atoms with van der Waals surface area (Å²) in [7, 11) is 5.31. The van der Waals surface area contributed by atoms with Crippen molar-refractivity contribution in [1.29, 1.82) is 0 Å². The fourth-order valence-corrected chi connectivity index (χ4v) is 9.41. The number of hydrogen-bond acceptors (Lipinski definition) is 8. The number of carbonyl (C=O) groups is 4. The van der Waals surface area contributed by atoms with Crippen molar-refractivity contribution in [3.63, 3.8) is 0 Å². The molecule has 13 heteroatoms. The maximum absolute atomic E-state index is 14.5. The number of H-pyrrole nitrogens is 1. The van der Waals surface area contributed by atoms with Crippen LogP contribution >= 0.6 is 0 Å². The van der Waals surface area contributed by atoms with E-state index in [1.54, 1.807) is 37.7 Å². The van der Waals surface area contributed by atoms with E-state index in [1.165, 1.54) is 0 Å². The third-order valence-corrected chi connectivity index (χ3v) is 12.8. The Morgan fingerprint density at radius 3 is 2.28 bits per heavy atom. The van der Waals surface area contributed by atoms with Crippen LogP contribution in [0.15, 0.2) is 72.1 Å². The van der Waals surface area contributed by atoms with Crippen molar-refractivity contribution in [2.24, 2.45) is 34.6 Å². The third kappa shape index (κ3) is 13.0. The first-order chi connectivity index (χ1) is 29.0. The number of nitrogens with zero attached hydrogens (tertiary/aromatic N) is 5. The molecule has 0 saturated carbocycles. The molecule has 9 atom stereocenters. The molecule has 2 aromatic rings. The van der Waals surface area contributed by atoms with Crippen LogP contribution in [0.5, 0.6) is 0 Å². The van der Waals surface area contributed by atoms with Gasteiger partial charge in [0.15, 0.2) is 0 Å². The molecule has 336 valence electrons. The number of likely N-dealkylation sites (N-methyl/N-ethyl adjacent to an activating group) is 2. The molecule has 2 aliphatic heterocycles. The molecule has 3 heterocycles. The molecule has 0 aliphatic carbocycles. The van der Waals surface area contributed by atoms with E-state index in [0.717, 1.165) is 41.9 Å². The number of methoxy groups -OCH3 is 1. The van der Waals surface area contributed by atoms with Crippen LogP contribution in [0.1, 0.15) is 98.9 Å². The fraction of sp³-hybridized carbons (Fsp3) is 0.625. The SMILES string of the molecule is C=C1C=CN=C([C@H](Cc2ccccc2)NC(=O)C(C)[C@@H](OC)C2CCCN2C(=O)C[C@@H](C)[C@H]([C@@H](C)CC)N(C)C(=O)[C@@H](NC(=O)[C@H](C(C)C)N(C)Cc2ncc[nH]2)C(C)C)C1. The van der Waals surface area contributed by atoms with Crippen LogP contribution in [0.4, 0.5) is 0 Å². The van der Waals surface area contributed by atoms with Crippen LogP contribution in [0.3, 0.4) is 0 Å². The lowest BCUT2D eigenvalue weighted by Crippen LogP contribution is -2.58. The Kier molecular flexibility index (Phi) is 18.5. The molecule has 1 aromatic carbocycles. The summed E-state index contributed by atoms with van der Waals surface area (Å²) < 4.78 is 6.08. The van der Waals surface area contributed by atoms with Crippen LogP contribution in [0.25, 0.3) is 0 Å². The number of likely N-dealkylation sites (tertiary alicyclic amines) is 1. The van der Waals surface area contributed by atoms with Crippen molar-refractivity contribution in [3.8, 4) is 0 Å². The molecule has 0 spiro atoms. The number of benzene rings is 1. The minimum absolute atomic E-state index is 0.0179. The molecule has 1 aromatic heterocycles. The zero-order chi connectivity index (χ0) is 45.0. The molecule has 2 aliphatic rings. The zero-order valence-corrected chi connectivity index (χ0v) is 38.7. The van der Waals surface area contributed by atoms with Gasteiger partial charge in [-0.1, -0.05) is 98.7 Å². The highest BCUT2D eigenvalue weighted by molar-refractivity contribution is 5.96. The summed E-state index contributed by atoms with van der Waals surface area (Å²) in [5.41, 5.74) is 2.88. The predicted octanol–water partition coefficient (Wildman–Crippen LogP) is 6.19. The number of hydrogen-bond donors (Lipinski definition) is 3. The van der Waals surface area contributed by atoms with E-state index in [2.05, 4.69) is 46.0 Å². The number of allylic oxidation sites excluding steroid dienone is 2. The van der Waals surface area contributed by atoms with Crippen LogP contribution in [0, 0.1) is 29.6 Å². The first kappa shape index (κ1) is 49.0. The average Bonchev–Trinajstić information content (AvgIpc) is 3.93. The molecule has 3 N–H and O–H groups in total. The Balaban J connectivity index is 1.46. The highest BCUT2D eigenvalue weighted by Gasteiger charge is 2.42. The number of amides is 4. The molecule has 0 bridgehead atoms. The average molecular weight is 843 g/mol. The molecule has 4 rings (SSSR count). The van der Waals surface area contributed by atoms with Crippen molar-refractivity contribution in [2.75, 3.05) is 27.7 Å². The number of carbonyl (C=O) groups excluding carboxylic acids is 4. The van der Waals surface area contributed by atoms with Crippen molar-refractivity contribution >= 4 is 29.3 Å². The van der Waals surface area contributed by atoms with E-state index in [0.29, 0.717) is 25.9 Å². The molecular weight excluding hydrogens is 769 g/mol. The quantitative estimate of drug-likeness (QED) is 0.128. The van der Waals surface area contributed by atoms with Gasteiger partial charge in [0.05, 0.1) is 36.7 Å². The first-order valence-electron chi connectivity index (χ1n) is 22.3. The number of ether oxygens (including phenoxy) is 1. The zero-order valence-electron chi connectivity index (χ0n) is 38.7. The summed E-state index contributed by atoms with van der Waals surface area (Å²) >= 11 is 0. The highest BCUT2D eigenvalue weighted by atomic mass is 16.5. The van der Waals surface area contributed by atoms with E-state index in [4.69, 9.17) is 4.74 Å². The highest BCUT2D eigenvalue weighted by Crippen LogP contribution is 2.31. The second-order valence-electron chi connectivity index (χ2n) is 18.2. The van der Waals surface area contributed by atoms with Crippen LogP contribution in [0.2, 0.25) is 0 Å². The van der Waals surface area contributed by atoms with Crippen LogP contribution in [-0.2, 0) is 36.9 Å². The maximum Gasteiger partial charge on any atom is 0.245 e. The van der Waals surface area contributed by atoms with E-state index in [-0.39, 0.29) is 71.8 Å². The smallest absolute Gasteiger partial charge is 0.245 e. The Labute approximate surface area is 365 Å². The maximum atomic E-state index is 14.5. The lowest BCUT2D eigenvalue weighted by molar-refractivity contribution is -0.144. The van der Waals surface area contributed by atoms with E-state index < -0.39 is 24.1 Å². The summed E-state index contributed by atoms with van der Waals surface area (Å²) in [6, 6.07) is 7.93. The van der Waals surface area contributed by atoms with Crippen molar-refractivity contribution in [2.45, 2.75) is 137 Å². The number of rotatable bonds is 22. The van der Waals surface area contributed by atoms with Gasteiger partial charge in [-0.25, -0.2) is 4.98 Å². The van der Waals surface area contributed by atoms with Gasteiger partial charge in [0.1, 0.15) is 11.9 Å². The molecule has 2 unspecified atom stereocenters. The van der Waals surface area contributed by atoms with Crippen LogP contribution in [-0.4, -0.2) is 118 Å². The molecule has 1 saturated heterocycles. The van der Waals surface area contributed by atoms with Crippen LogP contribution < -0.4 is 10.6 Å². The Morgan fingerprint density at radius 1 is 0.984 bits per heavy atom. The first-order valence-corrected chi connectivity index (χ1v) is 22.3. The summed E-state index contributed by atoms with van der Waals surface area (Å²) in [6.45, 7) is 21.2. The lowest BCUT2D eigenvalue weighted by Gasteiger charge is -2.41. The minimum Gasteiger partial charge on any atom is -0.378 e. The second kappa shape index (κ2) is 23.0. The number of aliphatic imine (C=N–C) groups is 1. The van der Waals surface area contributed by atoms with Gasteiger partial charge in [-0.3, -0.25) is 29.1 Å². The van der Waals surface area contributed by atoms with Gasteiger partial charge < -0.3 is 30.2 Å². The summed E-state index contributed by atoms with van der Waals surface area (Å²) in [6.07, 6.45) is 10.3. The Morgan fingerprint density at radius 2 is 1.69 bits per heavy atom. The van der Waals surface area contributed by atoms with Crippen molar-refractivity contribution < 1.29 is 23.9 Å². The lowest BCUT2D eigenvalue weighted by atomic mass is 9.84. The number of nitrogens with one attached hydrogen (secondary N) is 3. The summed E-state index contributed by atoms with van der Waals surface area (Å²) in [4.78, 5) is 74.6. The Hall–Kier alpha value is -4.62. The normalized spacial score (nSPS) is 19.5. The summed E-state index contributed by atoms with van der Waals surface area (Å²) in [5, 5.41) is 6.41. The number of aromatic amines is 1. The summed E-state index contributed by atoms with van der Waals surface area (Å²) in [5.74, 6) is -0.651. The topological polar surface area (TPSA) is 152 Å². The predicted molar refractivity (Wildman–Crippen MR) is 242 cm³/mol. The van der Waals surface area contributed by atoms with Gasteiger partial charge >= 0.3 is 0 Å². The second-order valence-corrected chi connectivity index (χ2v) is 18.2. The van der Waals surface area contributed by atoms with Gasteiger partial charge in [0.25, 0.3) is 0 Å². The van der Waals surface area contributed by atoms with Crippen molar-refractivity contribution in [3.05, 3.63) is 78.5 Å². The van der Waals surface area contributed by atoms with E-state index in [1.807, 2.05) is 94.8 Å². The van der Waals surface area contributed by atoms with Gasteiger partial charge in [0, 0.05) is 63.9 Å².